The van der Waals surface area contributed by atoms with E-state index in [0.717, 1.165) is 31.2 Å². The average molecular weight is 396 g/mol. The molecule has 144 valence electrons. The maximum Gasteiger partial charge on any atom is 0.270 e. The molecule has 28 heavy (non-hydrogen) atoms. The number of nitrogens with one attached hydrogen (secondary N) is 1. The molecule has 0 saturated heterocycles. The minimum atomic E-state index is -0.778. The molecule has 0 radical (unpaired) electrons. The molecule has 1 aliphatic carbocycles. The second kappa shape index (κ2) is 8.15. The maximum atomic E-state index is 13.4. The zero-order valence-corrected chi connectivity index (χ0v) is 16.2. The third-order valence-electron chi connectivity index (χ3n) is 5.34. The molecule has 5 nitrogen and oxygen atoms in total. The van der Waals surface area contributed by atoms with E-state index in [-0.39, 0.29) is 17.5 Å². The number of aromatic nitrogens is 2. The normalized spacial score (nSPS) is 16.0. The molecule has 1 fully saturated rings. The third-order valence-corrected chi connectivity index (χ3v) is 5.59. The summed E-state index contributed by atoms with van der Waals surface area (Å²) in [7, 11) is 0. The Morgan fingerprint density at radius 1 is 1.07 bits per heavy atom. The fourth-order valence-electron chi connectivity index (χ4n) is 3.94. The van der Waals surface area contributed by atoms with Crippen molar-refractivity contribution in [3.63, 3.8) is 0 Å². The number of carbonyl (C=O) groups is 1. The van der Waals surface area contributed by atoms with E-state index in [2.05, 4.69) is 10.3 Å². The highest BCUT2D eigenvalue weighted by Gasteiger charge is 2.28. The fourth-order valence-corrected chi connectivity index (χ4v) is 4.06. The first-order valence-corrected chi connectivity index (χ1v) is 10.0. The number of amides is 1. The lowest BCUT2D eigenvalue weighted by Gasteiger charge is -2.27. The number of hydrogen-bond acceptors (Lipinski definition) is 3. The van der Waals surface area contributed by atoms with Gasteiger partial charge in [0, 0.05) is 11.1 Å². The van der Waals surface area contributed by atoms with Gasteiger partial charge >= 0.3 is 0 Å². The molecular formula is C22H22ClN3O2. The first kappa shape index (κ1) is 18.7. The summed E-state index contributed by atoms with van der Waals surface area (Å²) in [5, 5.41) is 3.76. The summed E-state index contributed by atoms with van der Waals surface area (Å²) in [5.41, 5.74) is 1.72. The van der Waals surface area contributed by atoms with Gasteiger partial charge in [-0.05, 0) is 42.7 Å². The predicted molar refractivity (Wildman–Crippen MR) is 111 cm³/mol. The largest absolute Gasteiger partial charge is 0.351 e. The average Bonchev–Trinajstić information content (AvgIpc) is 2.72. The Hall–Kier alpha value is -2.66. The van der Waals surface area contributed by atoms with Gasteiger partial charge in [-0.3, -0.25) is 14.2 Å². The molecule has 0 bridgehead atoms. The van der Waals surface area contributed by atoms with Gasteiger partial charge < -0.3 is 5.32 Å². The van der Waals surface area contributed by atoms with Crippen LogP contribution in [-0.2, 0) is 4.79 Å². The molecule has 0 aliphatic heterocycles. The van der Waals surface area contributed by atoms with Crippen LogP contribution in [0.1, 0.15) is 43.7 Å². The van der Waals surface area contributed by atoms with Crippen molar-refractivity contribution in [2.45, 2.75) is 44.2 Å². The Labute approximate surface area is 168 Å². The third kappa shape index (κ3) is 3.80. The summed E-state index contributed by atoms with van der Waals surface area (Å²) < 4.78 is 1.53. The van der Waals surface area contributed by atoms with Gasteiger partial charge in [-0.25, -0.2) is 4.98 Å². The lowest BCUT2D eigenvalue weighted by molar-refractivity contribution is -0.124. The number of rotatable bonds is 4. The van der Waals surface area contributed by atoms with Crippen molar-refractivity contribution in [1.29, 1.82) is 0 Å². The number of benzene rings is 2. The minimum Gasteiger partial charge on any atom is -0.351 e. The SMILES string of the molecule is O=C(NC1CCCCC1)C(c1ccc(Cl)cc1)n1c(=O)cnc2ccccc21. The van der Waals surface area contributed by atoms with Crippen LogP contribution in [0.25, 0.3) is 11.0 Å². The van der Waals surface area contributed by atoms with Crippen LogP contribution in [0, 0.1) is 0 Å². The maximum absolute atomic E-state index is 13.4. The van der Waals surface area contributed by atoms with Crippen molar-refractivity contribution < 1.29 is 4.79 Å². The molecule has 1 saturated carbocycles. The second-order valence-electron chi connectivity index (χ2n) is 7.25. The van der Waals surface area contributed by atoms with Crippen molar-refractivity contribution >= 4 is 28.5 Å². The van der Waals surface area contributed by atoms with Gasteiger partial charge in [0.1, 0.15) is 6.04 Å². The van der Waals surface area contributed by atoms with Gasteiger partial charge in [0.2, 0.25) is 5.91 Å². The highest BCUT2D eigenvalue weighted by atomic mass is 35.5. The van der Waals surface area contributed by atoms with E-state index in [9.17, 15) is 9.59 Å². The number of fused-ring (bicyclic) bond motifs is 1. The van der Waals surface area contributed by atoms with Crippen LogP contribution >= 0.6 is 11.6 Å². The lowest BCUT2D eigenvalue weighted by Crippen LogP contribution is -2.43. The van der Waals surface area contributed by atoms with Crippen LogP contribution in [0.3, 0.4) is 0 Å². The molecule has 0 spiro atoms. The van der Waals surface area contributed by atoms with Gasteiger partial charge in [-0.1, -0.05) is 55.1 Å². The summed E-state index contributed by atoms with van der Waals surface area (Å²) in [6, 6.07) is 13.8. The lowest BCUT2D eigenvalue weighted by atomic mass is 9.95. The monoisotopic (exact) mass is 395 g/mol. The van der Waals surface area contributed by atoms with Gasteiger partial charge in [0.15, 0.2) is 0 Å². The Morgan fingerprint density at radius 2 is 1.79 bits per heavy atom. The highest BCUT2D eigenvalue weighted by molar-refractivity contribution is 6.30. The van der Waals surface area contributed by atoms with Gasteiger partial charge in [0.05, 0.1) is 17.2 Å². The van der Waals surface area contributed by atoms with Crippen LogP contribution < -0.4 is 10.9 Å². The number of carbonyl (C=O) groups excluding carboxylic acids is 1. The quantitative estimate of drug-likeness (QED) is 0.723. The molecule has 1 aliphatic rings. The van der Waals surface area contributed by atoms with Crippen molar-refractivity contribution in [3.8, 4) is 0 Å². The zero-order valence-electron chi connectivity index (χ0n) is 15.5. The summed E-state index contributed by atoms with van der Waals surface area (Å²) in [6.07, 6.45) is 6.68. The number of para-hydroxylation sites is 2. The minimum absolute atomic E-state index is 0.153. The topological polar surface area (TPSA) is 64.0 Å². The fraction of sp³-hybridized carbons (Fsp3) is 0.318. The van der Waals surface area contributed by atoms with E-state index in [1.54, 1.807) is 24.3 Å². The molecule has 6 heteroatoms. The van der Waals surface area contributed by atoms with Crippen LogP contribution in [-0.4, -0.2) is 21.5 Å². The summed E-state index contributed by atoms with van der Waals surface area (Å²) in [5.74, 6) is -0.173. The molecule has 2 aromatic carbocycles. The molecular weight excluding hydrogens is 374 g/mol. The van der Waals surface area contributed by atoms with Crippen LogP contribution in [0.2, 0.25) is 5.02 Å². The summed E-state index contributed by atoms with van der Waals surface area (Å²) in [4.78, 5) is 30.4. The molecule has 1 atom stereocenters. The van der Waals surface area contributed by atoms with E-state index in [4.69, 9.17) is 11.6 Å². The number of nitrogens with zero attached hydrogens (tertiary/aromatic N) is 2. The van der Waals surface area contributed by atoms with Crippen LogP contribution in [0.15, 0.2) is 59.5 Å². The van der Waals surface area contributed by atoms with Crippen LogP contribution in [0.5, 0.6) is 0 Å². The van der Waals surface area contributed by atoms with Gasteiger partial charge in [-0.15, -0.1) is 0 Å². The Kier molecular flexibility index (Phi) is 5.44. The molecule has 1 unspecified atom stereocenters. The Morgan fingerprint density at radius 3 is 2.54 bits per heavy atom. The molecule has 1 amide bonds. The Bertz CT molecular complexity index is 1040. The molecule has 3 aromatic rings. The molecule has 1 heterocycles. The standard InChI is InChI=1S/C22H22ClN3O2/c23-16-12-10-15(11-13-16)21(22(28)25-17-6-2-1-3-7-17)26-19-9-5-4-8-18(19)24-14-20(26)27/h4-5,8-14,17,21H,1-3,6-7H2,(H,25,28). The summed E-state index contributed by atoms with van der Waals surface area (Å²) in [6.45, 7) is 0. The van der Waals surface area contributed by atoms with E-state index in [0.29, 0.717) is 16.1 Å². The van der Waals surface area contributed by atoms with Crippen molar-refractivity contribution in [2.75, 3.05) is 0 Å². The first-order chi connectivity index (χ1) is 13.6. The van der Waals surface area contributed by atoms with E-state index < -0.39 is 6.04 Å². The first-order valence-electron chi connectivity index (χ1n) is 9.65. The van der Waals surface area contributed by atoms with Crippen molar-refractivity contribution in [1.82, 2.24) is 14.9 Å². The van der Waals surface area contributed by atoms with E-state index >= 15 is 0 Å². The number of hydrogen-bond donors (Lipinski definition) is 1. The molecule has 1 N–H and O–H groups in total. The predicted octanol–water partition coefficient (Wildman–Crippen LogP) is 4.09. The van der Waals surface area contributed by atoms with E-state index in [1.165, 1.54) is 17.2 Å². The second-order valence-corrected chi connectivity index (χ2v) is 7.69. The van der Waals surface area contributed by atoms with Gasteiger partial charge in [0.25, 0.3) is 5.56 Å². The highest BCUT2D eigenvalue weighted by Crippen LogP contribution is 2.25. The van der Waals surface area contributed by atoms with Crippen molar-refractivity contribution in [3.05, 3.63) is 75.7 Å². The van der Waals surface area contributed by atoms with Crippen molar-refractivity contribution in [2.24, 2.45) is 0 Å². The van der Waals surface area contributed by atoms with E-state index in [1.807, 2.05) is 24.3 Å². The number of halogens is 1. The summed E-state index contributed by atoms with van der Waals surface area (Å²) >= 11 is 6.04. The van der Waals surface area contributed by atoms with Gasteiger partial charge in [-0.2, -0.15) is 0 Å². The molecule has 1 aromatic heterocycles. The van der Waals surface area contributed by atoms with Crippen LogP contribution in [0.4, 0.5) is 0 Å². The Balaban J connectivity index is 1.81. The smallest absolute Gasteiger partial charge is 0.270 e. The molecule has 4 rings (SSSR count). The zero-order chi connectivity index (χ0) is 19.5.